The van der Waals surface area contributed by atoms with Gasteiger partial charge in [0.15, 0.2) is 0 Å². The van der Waals surface area contributed by atoms with Crippen LogP contribution in [0.1, 0.15) is 120 Å². The molecule has 0 radical (unpaired) electrons. The van der Waals surface area contributed by atoms with Crippen molar-refractivity contribution >= 4 is 0 Å². The minimum absolute atomic E-state index is 0.491. The predicted molar refractivity (Wildman–Crippen MR) is 135 cm³/mol. The zero-order chi connectivity index (χ0) is 22.1. The number of nitrogens with one attached hydrogen (secondary N) is 1. The number of allylic oxidation sites excluding steroid dienone is 6. The molecular formula is C28H51N. The van der Waals surface area contributed by atoms with E-state index in [1.165, 1.54) is 73.7 Å². The highest BCUT2D eigenvalue weighted by atomic mass is 14.9. The number of hydrogen-bond donors (Lipinski definition) is 1. The van der Waals surface area contributed by atoms with Crippen LogP contribution >= 0.6 is 0 Å². The van der Waals surface area contributed by atoms with Gasteiger partial charge in [-0.05, 0) is 80.1 Å². The van der Waals surface area contributed by atoms with E-state index >= 15 is 0 Å². The smallest absolute Gasteiger partial charge is 0.0258 e. The van der Waals surface area contributed by atoms with Crippen LogP contribution in [-0.2, 0) is 0 Å². The van der Waals surface area contributed by atoms with Crippen LogP contribution in [0.15, 0.2) is 46.6 Å². The third-order valence-electron chi connectivity index (χ3n) is 5.32. The fraction of sp³-hybridized carbons (Fsp3) is 0.714. The molecule has 0 bridgehead atoms. The molecule has 0 spiro atoms. The van der Waals surface area contributed by atoms with Gasteiger partial charge < -0.3 is 5.32 Å². The first-order valence-corrected chi connectivity index (χ1v) is 12.2. The second-order valence-corrected chi connectivity index (χ2v) is 9.33. The van der Waals surface area contributed by atoms with E-state index in [0.717, 1.165) is 12.8 Å². The van der Waals surface area contributed by atoms with E-state index in [-0.39, 0.29) is 0 Å². The van der Waals surface area contributed by atoms with Gasteiger partial charge >= 0.3 is 0 Å². The van der Waals surface area contributed by atoms with Crippen molar-refractivity contribution in [2.75, 3.05) is 0 Å². The Bertz CT molecular complexity index is 477. The summed E-state index contributed by atoms with van der Waals surface area (Å²) in [5.74, 6) is 0. The normalized spacial score (nSPS) is 14.5. The van der Waals surface area contributed by atoms with Crippen LogP contribution in [0.25, 0.3) is 0 Å². The van der Waals surface area contributed by atoms with Crippen LogP contribution in [0, 0.1) is 0 Å². The molecular weight excluding hydrogens is 350 g/mol. The molecule has 0 amide bonds. The van der Waals surface area contributed by atoms with Crippen molar-refractivity contribution in [2.45, 2.75) is 132 Å². The van der Waals surface area contributed by atoms with Crippen LogP contribution in [-0.4, -0.2) is 12.1 Å². The molecule has 2 unspecified atom stereocenters. The average molecular weight is 402 g/mol. The lowest BCUT2D eigenvalue weighted by Crippen LogP contribution is -2.36. The maximum absolute atomic E-state index is 4.00. The summed E-state index contributed by atoms with van der Waals surface area (Å²) in [4.78, 5) is 0. The minimum Gasteiger partial charge on any atom is -0.304 e. The van der Waals surface area contributed by atoms with Crippen LogP contribution in [0.5, 0.6) is 0 Å². The van der Waals surface area contributed by atoms with Gasteiger partial charge in [-0.25, -0.2) is 0 Å². The molecule has 1 nitrogen and oxygen atoms in total. The van der Waals surface area contributed by atoms with Gasteiger partial charge in [-0.3, -0.25) is 0 Å². The van der Waals surface area contributed by atoms with Gasteiger partial charge in [0, 0.05) is 12.1 Å². The molecule has 2 atom stereocenters. The first-order chi connectivity index (χ1) is 13.8. The van der Waals surface area contributed by atoms with E-state index in [9.17, 15) is 0 Å². The molecule has 0 aromatic rings. The summed E-state index contributed by atoms with van der Waals surface area (Å²) in [6.07, 6.45) is 22.0. The summed E-state index contributed by atoms with van der Waals surface area (Å²) in [6, 6.07) is 0.982. The lowest BCUT2D eigenvalue weighted by atomic mass is 9.99. The van der Waals surface area contributed by atoms with Crippen molar-refractivity contribution in [3.05, 3.63) is 46.6 Å². The van der Waals surface area contributed by atoms with Gasteiger partial charge in [0.1, 0.15) is 0 Å². The molecule has 1 heteroatoms. The van der Waals surface area contributed by atoms with Gasteiger partial charge in [-0.1, -0.05) is 86.1 Å². The third-order valence-corrected chi connectivity index (χ3v) is 5.32. The molecule has 0 saturated carbocycles. The third kappa shape index (κ3) is 17.5. The lowest BCUT2D eigenvalue weighted by molar-refractivity contribution is 0.458. The maximum atomic E-state index is 4.00. The Morgan fingerprint density at radius 1 is 0.655 bits per heavy atom. The summed E-state index contributed by atoms with van der Waals surface area (Å²) in [5, 5.41) is 4.00. The van der Waals surface area contributed by atoms with Crippen LogP contribution < -0.4 is 5.32 Å². The Kier molecular flexibility index (Phi) is 17.1. The van der Waals surface area contributed by atoms with Crippen molar-refractivity contribution in [1.82, 2.24) is 5.32 Å². The van der Waals surface area contributed by atoms with E-state index in [1.54, 1.807) is 0 Å². The van der Waals surface area contributed by atoms with E-state index < -0.39 is 0 Å². The first-order valence-electron chi connectivity index (χ1n) is 12.2. The lowest BCUT2D eigenvalue weighted by Gasteiger charge is -2.23. The molecule has 0 aliphatic carbocycles. The summed E-state index contributed by atoms with van der Waals surface area (Å²) < 4.78 is 0. The predicted octanol–water partition coefficient (Wildman–Crippen LogP) is 9.08. The number of unbranched alkanes of at least 4 members (excludes halogenated alkanes) is 2. The monoisotopic (exact) mass is 401 g/mol. The average Bonchev–Trinajstić information content (AvgIpc) is 2.63. The molecule has 0 rings (SSSR count). The molecule has 1 N–H and O–H groups in total. The summed E-state index contributed by atoms with van der Waals surface area (Å²) in [5.41, 5.74) is 5.89. The highest BCUT2D eigenvalue weighted by Crippen LogP contribution is 2.15. The number of rotatable bonds is 16. The van der Waals surface area contributed by atoms with Gasteiger partial charge in [0.05, 0.1) is 0 Å². The van der Waals surface area contributed by atoms with E-state index in [2.05, 4.69) is 85.0 Å². The second-order valence-electron chi connectivity index (χ2n) is 9.33. The topological polar surface area (TPSA) is 12.0 Å². The fourth-order valence-corrected chi connectivity index (χ4v) is 3.58. The molecule has 0 heterocycles. The highest BCUT2D eigenvalue weighted by molar-refractivity contribution is 5.11. The Balaban J connectivity index is 5.12. The van der Waals surface area contributed by atoms with Crippen molar-refractivity contribution in [3.63, 3.8) is 0 Å². The van der Waals surface area contributed by atoms with E-state index in [1.807, 2.05) is 0 Å². The molecule has 29 heavy (non-hydrogen) atoms. The van der Waals surface area contributed by atoms with Gasteiger partial charge in [-0.15, -0.1) is 0 Å². The van der Waals surface area contributed by atoms with Crippen molar-refractivity contribution in [2.24, 2.45) is 0 Å². The van der Waals surface area contributed by atoms with Crippen molar-refractivity contribution in [3.8, 4) is 0 Å². The van der Waals surface area contributed by atoms with E-state index in [0.29, 0.717) is 12.1 Å². The highest BCUT2D eigenvalue weighted by Gasteiger charge is 2.12. The standard InChI is InChI=1S/C28H51N/c1-9-11-19-27(21-25(7)17-13-15-23(3)4)29-28(20-12-10-2)22-26(8)18-14-16-24(5)6/h15-16,21-22,27-29H,9-14,17-20H2,1-8H3/b25-21+,26-22+. The molecule has 168 valence electrons. The van der Waals surface area contributed by atoms with Gasteiger partial charge in [0.2, 0.25) is 0 Å². The molecule has 0 fully saturated rings. The zero-order valence-corrected chi connectivity index (χ0v) is 21.0. The SMILES string of the molecule is CCCCC(/C=C(\C)CCC=C(C)C)NC(/C=C(\C)CCC=C(C)C)CCCC. The fourth-order valence-electron chi connectivity index (χ4n) is 3.58. The Hall–Kier alpha value is -1.08. The zero-order valence-electron chi connectivity index (χ0n) is 21.0. The molecule has 0 aliphatic heterocycles. The minimum atomic E-state index is 0.491. The first kappa shape index (κ1) is 27.9. The van der Waals surface area contributed by atoms with Gasteiger partial charge in [-0.2, -0.15) is 0 Å². The number of hydrogen-bond acceptors (Lipinski definition) is 1. The summed E-state index contributed by atoms with van der Waals surface area (Å²) in [6.45, 7) is 18.0. The maximum Gasteiger partial charge on any atom is 0.0258 e. The quantitative estimate of drug-likeness (QED) is 0.254. The molecule has 0 saturated heterocycles. The van der Waals surface area contributed by atoms with Gasteiger partial charge in [0.25, 0.3) is 0 Å². The Morgan fingerprint density at radius 2 is 1.03 bits per heavy atom. The summed E-state index contributed by atoms with van der Waals surface area (Å²) >= 11 is 0. The van der Waals surface area contributed by atoms with Crippen molar-refractivity contribution in [1.29, 1.82) is 0 Å². The van der Waals surface area contributed by atoms with Crippen molar-refractivity contribution < 1.29 is 0 Å². The molecule has 0 aromatic carbocycles. The Morgan fingerprint density at radius 3 is 1.34 bits per heavy atom. The Labute approximate surface area is 183 Å². The second kappa shape index (κ2) is 17.8. The van der Waals surface area contributed by atoms with Crippen LogP contribution in [0.4, 0.5) is 0 Å². The van der Waals surface area contributed by atoms with E-state index in [4.69, 9.17) is 0 Å². The van der Waals surface area contributed by atoms with Crippen LogP contribution in [0.3, 0.4) is 0 Å². The van der Waals surface area contributed by atoms with Crippen LogP contribution in [0.2, 0.25) is 0 Å². The molecule has 0 aromatic heterocycles. The summed E-state index contributed by atoms with van der Waals surface area (Å²) in [7, 11) is 0. The largest absolute Gasteiger partial charge is 0.304 e. The molecule has 0 aliphatic rings.